The van der Waals surface area contributed by atoms with Gasteiger partial charge in [0.25, 0.3) is 0 Å². The van der Waals surface area contributed by atoms with Gasteiger partial charge < -0.3 is 20.3 Å². The minimum Gasteiger partial charge on any atom is -0.444 e. The first-order valence-corrected chi connectivity index (χ1v) is 14.4. The third-order valence-electron chi connectivity index (χ3n) is 7.21. The lowest BCUT2D eigenvalue weighted by Crippen LogP contribution is -2.56. The molecule has 1 aromatic rings. The number of ether oxygens (including phenoxy) is 1. The summed E-state index contributed by atoms with van der Waals surface area (Å²) < 4.78 is 5.49. The number of rotatable bonds is 10. The average Bonchev–Trinajstić information content (AvgIpc) is 2.81. The molecule has 7 nitrogen and oxygen atoms in total. The molecule has 0 aromatic heterocycles. The molecule has 0 heterocycles. The van der Waals surface area contributed by atoms with Crippen molar-refractivity contribution in [3.8, 4) is 0 Å². The Balaban J connectivity index is 2.53. The molecule has 3 amide bonds. The molecule has 1 aliphatic carbocycles. The number of alkyl carbamates (subject to hydrolysis) is 1. The van der Waals surface area contributed by atoms with Crippen LogP contribution in [0.2, 0.25) is 0 Å². The van der Waals surface area contributed by atoms with Crippen LogP contribution in [0.3, 0.4) is 0 Å². The summed E-state index contributed by atoms with van der Waals surface area (Å²) in [6.07, 6.45) is 5.79. The Hall–Kier alpha value is -2.57. The second kappa shape index (κ2) is 14.0. The first-order chi connectivity index (χ1) is 17.7. The fourth-order valence-corrected chi connectivity index (χ4v) is 5.20. The van der Waals surface area contributed by atoms with Crippen LogP contribution in [0.1, 0.15) is 116 Å². The van der Waals surface area contributed by atoms with E-state index in [-0.39, 0.29) is 29.8 Å². The number of carbonyl (C=O) groups excluding carboxylic acids is 3. The van der Waals surface area contributed by atoms with Gasteiger partial charge in [0.2, 0.25) is 11.8 Å². The van der Waals surface area contributed by atoms with Crippen LogP contribution in [-0.4, -0.2) is 46.5 Å². The SMILES string of the molecule is CCC(C)N(C(=O)C(CC(C)C)NC(=O)OC(C)(C)C)C(C(=O)NC1CCCCC1)c1ccc(C)cc1C. The monoisotopic (exact) mass is 529 g/mol. The van der Waals surface area contributed by atoms with Crippen molar-refractivity contribution in [2.24, 2.45) is 5.92 Å². The summed E-state index contributed by atoms with van der Waals surface area (Å²) in [7, 11) is 0. The van der Waals surface area contributed by atoms with E-state index in [1.807, 2.05) is 53.7 Å². The highest BCUT2D eigenvalue weighted by Gasteiger charge is 2.39. The third-order valence-corrected chi connectivity index (χ3v) is 7.21. The number of nitrogens with one attached hydrogen (secondary N) is 2. The predicted octanol–water partition coefficient (Wildman–Crippen LogP) is 6.36. The number of nitrogens with zero attached hydrogens (tertiary/aromatic N) is 1. The van der Waals surface area contributed by atoms with Crippen LogP contribution in [0.15, 0.2) is 18.2 Å². The van der Waals surface area contributed by atoms with Gasteiger partial charge in [-0.15, -0.1) is 0 Å². The van der Waals surface area contributed by atoms with E-state index in [1.54, 1.807) is 25.7 Å². The van der Waals surface area contributed by atoms with E-state index in [9.17, 15) is 14.4 Å². The van der Waals surface area contributed by atoms with E-state index in [0.29, 0.717) is 12.8 Å². The molecule has 7 heteroatoms. The topological polar surface area (TPSA) is 87.7 Å². The molecule has 3 unspecified atom stereocenters. The number of hydrogen-bond acceptors (Lipinski definition) is 4. The highest BCUT2D eigenvalue weighted by atomic mass is 16.6. The summed E-state index contributed by atoms with van der Waals surface area (Å²) in [4.78, 5) is 42.9. The number of amides is 3. The Labute approximate surface area is 230 Å². The van der Waals surface area contributed by atoms with Gasteiger partial charge in [-0.2, -0.15) is 0 Å². The van der Waals surface area contributed by atoms with E-state index < -0.39 is 23.8 Å². The highest BCUT2D eigenvalue weighted by Crippen LogP contribution is 2.30. The van der Waals surface area contributed by atoms with Gasteiger partial charge in [-0.05, 0) is 84.3 Å². The molecular formula is C31H51N3O4. The van der Waals surface area contributed by atoms with Gasteiger partial charge in [-0.1, -0.05) is 63.8 Å². The van der Waals surface area contributed by atoms with Crippen LogP contribution in [0.4, 0.5) is 4.79 Å². The van der Waals surface area contributed by atoms with Crippen LogP contribution in [0.25, 0.3) is 0 Å². The number of benzene rings is 1. The maximum atomic E-state index is 14.3. The Morgan fingerprint density at radius 3 is 2.21 bits per heavy atom. The van der Waals surface area contributed by atoms with Gasteiger partial charge >= 0.3 is 6.09 Å². The zero-order valence-corrected chi connectivity index (χ0v) is 25.1. The van der Waals surface area contributed by atoms with Crippen molar-refractivity contribution in [3.63, 3.8) is 0 Å². The molecular weight excluding hydrogens is 478 g/mol. The summed E-state index contributed by atoms with van der Waals surface area (Å²) in [6.45, 7) is 17.4. The van der Waals surface area contributed by atoms with Gasteiger partial charge in [0.15, 0.2) is 0 Å². The number of aryl methyl sites for hydroxylation is 2. The predicted molar refractivity (Wildman–Crippen MR) is 153 cm³/mol. The zero-order valence-electron chi connectivity index (χ0n) is 25.1. The lowest BCUT2D eigenvalue weighted by atomic mass is 9.92. The minimum atomic E-state index is -0.811. The van der Waals surface area contributed by atoms with Crippen LogP contribution >= 0.6 is 0 Å². The fraction of sp³-hybridized carbons (Fsp3) is 0.710. The standard InChI is InChI=1S/C31H51N3O4/c1-10-23(6)34(29(36)26(18-20(2)3)33-30(37)38-31(7,8)9)27(25-17-16-21(4)19-22(25)5)28(35)32-24-14-12-11-13-15-24/h16-17,19-20,23-24,26-27H,10-15,18H2,1-9H3,(H,32,35)(H,33,37). The maximum absolute atomic E-state index is 14.3. The quantitative estimate of drug-likeness (QED) is 0.369. The smallest absolute Gasteiger partial charge is 0.408 e. The largest absolute Gasteiger partial charge is 0.444 e. The van der Waals surface area contributed by atoms with Crippen molar-refractivity contribution < 1.29 is 19.1 Å². The summed E-state index contributed by atoms with van der Waals surface area (Å²) in [5, 5.41) is 6.11. The highest BCUT2D eigenvalue weighted by molar-refractivity contribution is 5.92. The van der Waals surface area contributed by atoms with Crippen molar-refractivity contribution in [1.29, 1.82) is 0 Å². The second-order valence-electron chi connectivity index (χ2n) is 12.4. The van der Waals surface area contributed by atoms with E-state index in [0.717, 1.165) is 42.4 Å². The number of carbonyl (C=O) groups is 3. The molecule has 0 spiro atoms. The van der Waals surface area contributed by atoms with E-state index in [1.165, 1.54) is 6.42 Å². The molecule has 1 aromatic carbocycles. The van der Waals surface area contributed by atoms with Crippen LogP contribution < -0.4 is 10.6 Å². The van der Waals surface area contributed by atoms with Crippen LogP contribution in [0.5, 0.6) is 0 Å². The first-order valence-electron chi connectivity index (χ1n) is 14.4. The average molecular weight is 530 g/mol. The lowest BCUT2D eigenvalue weighted by Gasteiger charge is -2.39. The molecule has 1 saturated carbocycles. The lowest BCUT2D eigenvalue weighted by molar-refractivity contribution is -0.145. The van der Waals surface area contributed by atoms with Crippen molar-refractivity contribution in [2.45, 2.75) is 137 Å². The third kappa shape index (κ3) is 9.32. The molecule has 0 bridgehead atoms. The van der Waals surface area contributed by atoms with Gasteiger partial charge in [0, 0.05) is 12.1 Å². The Bertz CT molecular complexity index is 947. The maximum Gasteiger partial charge on any atom is 0.408 e. The Morgan fingerprint density at radius 1 is 1.05 bits per heavy atom. The van der Waals surface area contributed by atoms with Crippen LogP contribution in [0, 0.1) is 19.8 Å². The zero-order chi connectivity index (χ0) is 28.6. The Kier molecular flexibility index (Phi) is 11.7. The van der Waals surface area contributed by atoms with E-state index >= 15 is 0 Å². The van der Waals surface area contributed by atoms with Crippen molar-refractivity contribution >= 4 is 17.9 Å². The van der Waals surface area contributed by atoms with Crippen LogP contribution in [-0.2, 0) is 14.3 Å². The molecule has 0 saturated heterocycles. The van der Waals surface area contributed by atoms with E-state index in [2.05, 4.69) is 16.7 Å². The van der Waals surface area contributed by atoms with Crippen molar-refractivity contribution in [2.75, 3.05) is 0 Å². The van der Waals surface area contributed by atoms with E-state index in [4.69, 9.17) is 4.74 Å². The second-order valence-corrected chi connectivity index (χ2v) is 12.4. The summed E-state index contributed by atoms with van der Waals surface area (Å²) in [6, 6.07) is 4.30. The molecule has 3 atom stereocenters. The van der Waals surface area contributed by atoms with Crippen molar-refractivity contribution in [1.82, 2.24) is 15.5 Å². The van der Waals surface area contributed by atoms with Gasteiger partial charge in [0.1, 0.15) is 17.7 Å². The normalized spacial score (nSPS) is 16.9. The molecule has 0 radical (unpaired) electrons. The van der Waals surface area contributed by atoms with Crippen molar-refractivity contribution in [3.05, 3.63) is 34.9 Å². The van der Waals surface area contributed by atoms with Gasteiger partial charge in [-0.25, -0.2) is 4.79 Å². The minimum absolute atomic E-state index is 0.115. The summed E-state index contributed by atoms with van der Waals surface area (Å²) in [5.74, 6) is -0.269. The molecule has 2 rings (SSSR count). The first kappa shape index (κ1) is 31.6. The van der Waals surface area contributed by atoms with Gasteiger partial charge in [0.05, 0.1) is 0 Å². The molecule has 38 heavy (non-hydrogen) atoms. The fourth-order valence-electron chi connectivity index (χ4n) is 5.20. The molecule has 1 aliphatic rings. The summed E-state index contributed by atoms with van der Waals surface area (Å²) in [5.41, 5.74) is 2.20. The van der Waals surface area contributed by atoms with Gasteiger partial charge in [-0.3, -0.25) is 9.59 Å². The number of hydrogen-bond donors (Lipinski definition) is 2. The molecule has 0 aliphatic heterocycles. The molecule has 214 valence electrons. The molecule has 1 fully saturated rings. The summed E-state index contributed by atoms with van der Waals surface area (Å²) >= 11 is 0. The Morgan fingerprint density at radius 2 is 1.68 bits per heavy atom. The molecule has 2 N–H and O–H groups in total.